The lowest BCUT2D eigenvalue weighted by molar-refractivity contribution is 0.826. The predicted molar refractivity (Wildman–Crippen MR) is 80.1 cm³/mol. The van der Waals surface area contributed by atoms with Gasteiger partial charge in [0.05, 0.1) is 12.0 Å². The van der Waals surface area contributed by atoms with Gasteiger partial charge in [0, 0.05) is 0 Å². The van der Waals surface area contributed by atoms with Crippen LogP contribution < -0.4 is 0 Å². The number of rotatable bonds is 2. The van der Waals surface area contributed by atoms with Gasteiger partial charge >= 0.3 is 0 Å². The topological polar surface area (TPSA) is 23.8 Å². The van der Waals surface area contributed by atoms with Crippen LogP contribution in [0.25, 0.3) is 21.5 Å². The summed E-state index contributed by atoms with van der Waals surface area (Å²) in [7, 11) is 0. The highest BCUT2D eigenvalue weighted by Gasteiger charge is 2.13. The second-order valence-electron chi connectivity index (χ2n) is 4.82. The third-order valence-electron chi connectivity index (χ3n) is 3.74. The monoisotopic (exact) mass is 245 g/mol. The van der Waals surface area contributed by atoms with Crippen molar-refractivity contribution in [1.29, 1.82) is 5.26 Å². The zero-order valence-electron chi connectivity index (χ0n) is 10.9. The van der Waals surface area contributed by atoms with Crippen LogP contribution in [0, 0.1) is 11.3 Å². The molecule has 0 aliphatic rings. The summed E-state index contributed by atoms with van der Waals surface area (Å²) in [5.74, 6) is -0.0329. The standard InChI is InChI=1S/C18H15N/c1-2-13(12-19)18-11-14-7-3-4-8-15(14)16-9-5-6-10-17(16)18/h3-11,13H,2H2,1H3. The molecular formula is C18H15N. The van der Waals surface area contributed by atoms with Gasteiger partial charge in [-0.05, 0) is 39.6 Å². The zero-order valence-corrected chi connectivity index (χ0v) is 10.9. The van der Waals surface area contributed by atoms with Crippen LogP contribution in [-0.4, -0.2) is 0 Å². The zero-order chi connectivity index (χ0) is 13.2. The fourth-order valence-electron chi connectivity index (χ4n) is 2.75. The summed E-state index contributed by atoms with van der Waals surface area (Å²) in [5.41, 5.74) is 1.15. The smallest absolute Gasteiger partial charge is 0.0716 e. The first kappa shape index (κ1) is 11.7. The van der Waals surface area contributed by atoms with E-state index in [1.807, 2.05) is 12.1 Å². The molecule has 1 unspecified atom stereocenters. The van der Waals surface area contributed by atoms with Crippen molar-refractivity contribution in [2.45, 2.75) is 19.3 Å². The SMILES string of the molecule is CCC(C#N)c1cc2ccccc2c2ccccc12. The average Bonchev–Trinajstić information content (AvgIpc) is 2.48. The highest BCUT2D eigenvalue weighted by molar-refractivity contribution is 6.09. The van der Waals surface area contributed by atoms with E-state index >= 15 is 0 Å². The van der Waals surface area contributed by atoms with E-state index < -0.39 is 0 Å². The van der Waals surface area contributed by atoms with Crippen LogP contribution in [0.4, 0.5) is 0 Å². The highest BCUT2D eigenvalue weighted by Crippen LogP contribution is 2.33. The minimum atomic E-state index is -0.0329. The summed E-state index contributed by atoms with van der Waals surface area (Å²) in [6, 6.07) is 21.4. The summed E-state index contributed by atoms with van der Waals surface area (Å²) in [6.07, 6.45) is 0.846. The molecule has 0 N–H and O–H groups in total. The van der Waals surface area contributed by atoms with Crippen molar-refractivity contribution in [3.05, 3.63) is 60.2 Å². The maximum Gasteiger partial charge on any atom is 0.0716 e. The third kappa shape index (κ3) is 1.86. The van der Waals surface area contributed by atoms with Gasteiger partial charge in [-0.15, -0.1) is 0 Å². The quantitative estimate of drug-likeness (QED) is 0.582. The fraction of sp³-hybridized carbons (Fsp3) is 0.167. The first-order chi connectivity index (χ1) is 9.35. The van der Waals surface area contributed by atoms with E-state index in [0.29, 0.717) is 0 Å². The molecule has 0 aliphatic carbocycles. The normalized spacial score (nSPS) is 12.4. The van der Waals surface area contributed by atoms with Crippen molar-refractivity contribution in [2.75, 3.05) is 0 Å². The molecular weight excluding hydrogens is 230 g/mol. The van der Waals surface area contributed by atoms with Gasteiger partial charge in [-0.1, -0.05) is 55.5 Å². The second-order valence-corrected chi connectivity index (χ2v) is 4.82. The Bertz CT molecular complexity index is 780. The van der Waals surface area contributed by atoms with Crippen molar-refractivity contribution < 1.29 is 0 Å². The van der Waals surface area contributed by atoms with Crippen molar-refractivity contribution >= 4 is 21.5 Å². The summed E-state index contributed by atoms with van der Waals surface area (Å²) < 4.78 is 0. The van der Waals surface area contributed by atoms with Crippen LogP contribution in [0.3, 0.4) is 0 Å². The molecule has 0 spiro atoms. The van der Waals surface area contributed by atoms with E-state index in [9.17, 15) is 5.26 Å². The van der Waals surface area contributed by atoms with E-state index in [0.717, 1.165) is 12.0 Å². The highest BCUT2D eigenvalue weighted by atomic mass is 14.3. The largest absolute Gasteiger partial charge is 0.198 e. The predicted octanol–water partition coefficient (Wildman–Crippen LogP) is 5.01. The number of nitrogens with zero attached hydrogens (tertiary/aromatic N) is 1. The van der Waals surface area contributed by atoms with Gasteiger partial charge in [-0.3, -0.25) is 0 Å². The van der Waals surface area contributed by atoms with Crippen molar-refractivity contribution in [3.8, 4) is 6.07 Å². The second kappa shape index (κ2) is 4.74. The van der Waals surface area contributed by atoms with E-state index in [1.54, 1.807) is 0 Å². The van der Waals surface area contributed by atoms with Gasteiger partial charge in [0.2, 0.25) is 0 Å². The van der Waals surface area contributed by atoms with Crippen molar-refractivity contribution in [3.63, 3.8) is 0 Å². The van der Waals surface area contributed by atoms with Crippen LogP contribution in [0.1, 0.15) is 24.8 Å². The van der Waals surface area contributed by atoms with Crippen LogP contribution in [0.2, 0.25) is 0 Å². The first-order valence-corrected chi connectivity index (χ1v) is 6.65. The molecule has 3 aromatic rings. The van der Waals surface area contributed by atoms with Gasteiger partial charge in [-0.25, -0.2) is 0 Å². The van der Waals surface area contributed by atoms with Crippen LogP contribution >= 0.6 is 0 Å². The van der Waals surface area contributed by atoms with Gasteiger partial charge in [0.25, 0.3) is 0 Å². The number of hydrogen-bond donors (Lipinski definition) is 0. The molecule has 0 radical (unpaired) electrons. The van der Waals surface area contributed by atoms with Crippen molar-refractivity contribution in [2.24, 2.45) is 0 Å². The molecule has 0 amide bonds. The van der Waals surface area contributed by atoms with Gasteiger partial charge in [-0.2, -0.15) is 5.26 Å². The molecule has 0 saturated carbocycles. The fourth-order valence-corrected chi connectivity index (χ4v) is 2.75. The van der Waals surface area contributed by atoms with Crippen LogP contribution in [0.5, 0.6) is 0 Å². The molecule has 1 heteroatoms. The summed E-state index contributed by atoms with van der Waals surface area (Å²) in [4.78, 5) is 0. The lowest BCUT2D eigenvalue weighted by atomic mass is 9.89. The Hall–Kier alpha value is -2.33. The minimum absolute atomic E-state index is 0.0329. The molecule has 92 valence electrons. The molecule has 0 aromatic heterocycles. The number of hydrogen-bond acceptors (Lipinski definition) is 1. The molecule has 3 rings (SSSR count). The maximum absolute atomic E-state index is 9.36. The van der Waals surface area contributed by atoms with E-state index in [1.165, 1.54) is 21.5 Å². The number of benzene rings is 3. The van der Waals surface area contributed by atoms with Gasteiger partial charge in [0.1, 0.15) is 0 Å². The lowest BCUT2D eigenvalue weighted by Gasteiger charge is -2.13. The Balaban J connectivity index is 2.46. The van der Waals surface area contributed by atoms with E-state index in [4.69, 9.17) is 0 Å². The van der Waals surface area contributed by atoms with Crippen LogP contribution in [0.15, 0.2) is 54.6 Å². The first-order valence-electron chi connectivity index (χ1n) is 6.65. The number of nitriles is 1. The Morgan fingerprint density at radius 3 is 2.26 bits per heavy atom. The minimum Gasteiger partial charge on any atom is -0.198 e. The molecule has 0 fully saturated rings. The molecule has 1 atom stereocenters. The summed E-state index contributed by atoms with van der Waals surface area (Å²) >= 11 is 0. The van der Waals surface area contributed by atoms with E-state index in [2.05, 4.69) is 55.5 Å². The van der Waals surface area contributed by atoms with Crippen molar-refractivity contribution in [1.82, 2.24) is 0 Å². The maximum atomic E-state index is 9.36. The summed E-state index contributed by atoms with van der Waals surface area (Å²) in [5, 5.41) is 14.3. The molecule has 19 heavy (non-hydrogen) atoms. The Morgan fingerprint density at radius 1 is 0.947 bits per heavy atom. The summed E-state index contributed by atoms with van der Waals surface area (Å²) in [6.45, 7) is 2.07. The Morgan fingerprint density at radius 2 is 1.58 bits per heavy atom. The average molecular weight is 245 g/mol. The lowest BCUT2D eigenvalue weighted by Crippen LogP contribution is -1.95. The van der Waals surface area contributed by atoms with Gasteiger partial charge < -0.3 is 0 Å². The molecule has 0 aliphatic heterocycles. The Kier molecular flexibility index (Phi) is 2.93. The molecule has 0 saturated heterocycles. The molecule has 0 heterocycles. The third-order valence-corrected chi connectivity index (χ3v) is 3.74. The Labute approximate surface area is 113 Å². The number of fused-ring (bicyclic) bond motifs is 3. The molecule has 1 nitrogen and oxygen atoms in total. The van der Waals surface area contributed by atoms with Gasteiger partial charge in [0.15, 0.2) is 0 Å². The molecule has 3 aromatic carbocycles. The molecule has 0 bridgehead atoms. The van der Waals surface area contributed by atoms with E-state index in [-0.39, 0.29) is 5.92 Å². The van der Waals surface area contributed by atoms with Crippen LogP contribution in [-0.2, 0) is 0 Å².